The lowest BCUT2D eigenvalue weighted by molar-refractivity contribution is -0.206. The summed E-state index contributed by atoms with van der Waals surface area (Å²) in [7, 11) is -1.73. The third-order valence-corrected chi connectivity index (χ3v) is 10.5. The zero-order chi connectivity index (χ0) is 15.3. The van der Waals surface area contributed by atoms with Crippen LogP contribution in [0, 0.1) is 0 Å². The summed E-state index contributed by atoms with van der Waals surface area (Å²) >= 11 is 2.41. The van der Waals surface area contributed by atoms with Crippen LogP contribution in [-0.4, -0.2) is 43.1 Å². The number of rotatable bonds is 3. The summed E-state index contributed by atoms with van der Waals surface area (Å²) < 4.78 is 24.2. The SMILES string of the molecule is CC1(C)O[C@H]2O[C@H](CO[Si](C)(C)C(C)(C)C)[C@@H](I)[C@H]2O1. The maximum absolute atomic E-state index is 6.26. The van der Waals surface area contributed by atoms with Crippen LogP contribution in [-0.2, 0) is 18.6 Å². The van der Waals surface area contributed by atoms with Crippen LogP contribution in [0.2, 0.25) is 18.1 Å². The summed E-state index contributed by atoms with van der Waals surface area (Å²) in [5.74, 6) is -0.538. The molecule has 2 heterocycles. The van der Waals surface area contributed by atoms with Crippen molar-refractivity contribution < 1.29 is 18.6 Å². The fourth-order valence-corrected chi connectivity index (χ4v) is 4.05. The van der Waals surface area contributed by atoms with Gasteiger partial charge in [0.15, 0.2) is 20.4 Å². The lowest BCUT2D eigenvalue weighted by Crippen LogP contribution is -2.44. The Morgan fingerprint density at radius 1 is 1.20 bits per heavy atom. The monoisotopic (exact) mass is 414 g/mol. The molecule has 0 aromatic heterocycles. The number of fused-ring (bicyclic) bond motifs is 1. The lowest BCUT2D eigenvalue weighted by atomic mass is 10.2. The first kappa shape index (κ1) is 17.1. The van der Waals surface area contributed by atoms with Crippen LogP contribution in [0.5, 0.6) is 0 Å². The molecule has 0 amide bonds. The van der Waals surface area contributed by atoms with Gasteiger partial charge in [0, 0.05) is 0 Å². The summed E-state index contributed by atoms with van der Waals surface area (Å²) in [5, 5.41) is 0.219. The van der Waals surface area contributed by atoms with Gasteiger partial charge in [-0.3, -0.25) is 0 Å². The standard InChI is InChI=1S/C14H27IO4Si/c1-13(2,3)20(6,7)16-8-9-10(15)11-12(17-9)19-14(4,5)18-11/h9-12H,8H2,1-7H3/t9-,10-,11-,12-/m1/s1. The highest BCUT2D eigenvalue weighted by molar-refractivity contribution is 14.1. The van der Waals surface area contributed by atoms with Crippen molar-refractivity contribution in [2.75, 3.05) is 6.61 Å². The van der Waals surface area contributed by atoms with Gasteiger partial charge >= 0.3 is 0 Å². The molecule has 4 atom stereocenters. The van der Waals surface area contributed by atoms with E-state index in [9.17, 15) is 0 Å². The van der Waals surface area contributed by atoms with E-state index in [1.165, 1.54) is 0 Å². The molecule has 0 saturated carbocycles. The van der Waals surface area contributed by atoms with E-state index < -0.39 is 14.1 Å². The van der Waals surface area contributed by atoms with E-state index >= 15 is 0 Å². The van der Waals surface area contributed by atoms with Crippen LogP contribution < -0.4 is 0 Å². The number of hydrogen-bond donors (Lipinski definition) is 0. The average Bonchev–Trinajstić information content (AvgIpc) is 2.69. The summed E-state index contributed by atoms with van der Waals surface area (Å²) in [5.41, 5.74) is 0. The second-order valence-electron chi connectivity index (χ2n) is 7.66. The van der Waals surface area contributed by atoms with Gasteiger partial charge in [0.05, 0.1) is 16.6 Å². The van der Waals surface area contributed by atoms with Gasteiger partial charge in [0.1, 0.15) is 6.10 Å². The minimum absolute atomic E-state index is 0.0126. The van der Waals surface area contributed by atoms with Gasteiger partial charge in [-0.25, -0.2) is 0 Å². The summed E-state index contributed by atoms with van der Waals surface area (Å²) in [4.78, 5) is 0. The van der Waals surface area contributed by atoms with Crippen LogP contribution >= 0.6 is 22.6 Å². The zero-order valence-electron chi connectivity index (χ0n) is 13.5. The largest absolute Gasteiger partial charge is 0.414 e. The fraction of sp³-hybridized carbons (Fsp3) is 1.00. The van der Waals surface area contributed by atoms with Gasteiger partial charge in [-0.1, -0.05) is 43.4 Å². The second-order valence-corrected chi connectivity index (χ2v) is 13.9. The van der Waals surface area contributed by atoms with Crippen molar-refractivity contribution in [2.45, 2.75) is 81.0 Å². The Balaban J connectivity index is 1.91. The molecule has 0 unspecified atom stereocenters. The lowest BCUT2D eigenvalue weighted by Gasteiger charge is -2.37. The van der Waals surface area contributed by atoms with Crippen LogP contribution in [0.4, 0.5) is 0 Å². The highest BCUT2D eigenvalue weighted by atomic mass is 127. The Morgan fingerprint density at radius 3 is 2.30 bits per heavy atom. The van der Waals surface area contributed by atoms with Crippen molar-refractivity contribution in [2.24, 2.45) is 0 Å². The van der Waals surface area contributed by atoms with E-state index in [2.05, 4.69) is 56.5 Å². The molecular weight excluding hydrogens is 387 g/mol. The van der Waals surface area contributed by atoms with Crippen molar-refractivity contribution in [1.29, 1.82) is 0 Å². The topological polar surface area (TPSA) is 36.9 Å². The van der Waals surface area contributed by atoms with Gasteiger partial charge < -0.3 is 18.6 Å². The van der Waals surface area contributed by atoms with Gasteiger partial charge in [-0.2, -0.15) is 0 Å². The number of halogens is 1. The quantitative estimate of drug-likeness (QED) is 0.401. The van der Waals surface area contributed by atoms with Crippen molar-refractivity contribution in [3.05, 3.63) is 0 Å². The van der Waals surface area contributed by atoms with Crippen molar-refractivity contribution in [3.8, 4) is 0 Å². The van der Waals surface area contributed by atoms with Crippen LogP contribution in [0.15, 0.2) is 0 Å². The Morgan fingerprint density at radius 2 is 1.80 bits per heavy atom. The zero-order valence-corrected chi connectivity index (χ0v) is 16.7. The van der Waals surface area contributed by atoms with Crippen LogP contribution in [0.3, 0.4) is 0 Å². The van der Waals surface area contributed by atoms with Gasteiger partial charge in [0.2, 0.25) is 0 Å². The molecule has 2 rings (SSSR count). The number of alkyl halides is 1. The molecule has 6 heteroatoms. The third-order valence-electron chi connectivity index (χ3n) is 4.48. The molecule has 118 valence electrons. The number of ether oxygens (including phenoxy) is 3. The Labute approximate surface area is 137 Å². The highest BCUT2D eigenvalue weighted by Gasteiger charge is 2.54. The van der Waals surface area contributed by atoms with E-state index in [0.29, 0.717) is 6.61 Å². The Bertz CT molecular complexity index is 367. The molecule has 0 radical (unpaired) electrons. The van der Waals surface area contributed by atoms with E-state index in [4.69, 9.17) is 18.6 Å². The maximum Gasteiger partial charge on any atom is 0.192 e. The van der Waals surface area contributed by atoms with Gasteiger partial charge in [0.25, 0.3) is 0 Å². The summed E-state index contributed by atoms with van der Waals surface area (Å²) in [6.45, 7) is 15.8. The van der Waals surface area contributed by atoms with E-state index in [-0.39, 0.29) is 27.5 Å². The van der Waals surface area contributed by atoms with Gasteiger partial charge in [-0.05, 0) is 32.0 Å². The normalized spacial score (nSPS) is 37.2. The maximum atomic E-state index is 6.26. The third kappa shape index (κ3) is 3.40. The highest BCUT2D eigenvalue weighted by Crippen LogP contribution is 2.42. The Kier molecular flexibility index (Phi) is 4.67. The summed E-state index contributed by atoms with van der Waals surface area (Å²) in [6, 6.07) is 0. The van der Waals surface area contributed by atoms with Crippen molar-refractivity contribution in [1.82, 2.24) is 0 Å². The van der Waals surface area contributed by atoms with Crippen molar-refractivity contribution in [3.63, 3.8) is 0 Å². The molecule has 20 heavy (non-hydrogen) atoms. The van der Waals surface area contributed by atoms with E-state index in [0.717, 1.165) is 0 Å². The molecule has 2 saturated heterocycles. The Hall–Kier alpha value is 0.787. The average molecular weight is 414 g/mol. The molecule has 0 aromatic rings. The molecule has 2 aliphatic heterocycles. The predicted octanol–water partition coefficient (Wildman–Crippen LogP) is 3.69. The first-order chi connectivity index (χ1) is 8.93. The van der Waals surface area contributed by atoms with E-state index in [1.807, 2.05) is 13.8 Å². The van der Waals surface area contributed by atoms with Gasteiger partial charge in [-0.15, -0.1) is 0 Å². The minimum Gasteiger partial charge on any atom is -0.414 e. The van der Waals surface area contributed by atoms with Crippen molar-refractivity contribution >= 4 is 30.9 Å². The first-order valence-electron chi connectivity index (χ1n) is 7.22. The fourth-order valence-electron chi connectivity index (χ4n) is 2.18. The summed E-state index contributed by atoms with van der Waals surface area (Å²) in [6.07, 6.45) is -0.186. The molecule has 0 spiro atoms. The van der Waals surface area contributed by atoms with E-state index in [1.54, 1.807) is 0 Å². The predicted molar refractivity (Wildman–Crippen MR) is 89.7 cm³/mol. The molecular formula is C14H27IO4Si. The molecule has 0 aromatic carbocycles. The molecule has 0 bridgehead atoms. The smallest absolute Gasteiger partial charge is 0.192 e. The molecule has 0 N–H and O–H groups in total. The second kappa shape index (κ2) is 5.45. The van der Waals surface area contributed by atoms with Crippen LogP contribution in [0.25, 0.3) is 0 Å². The molecule has 2 aliphatic rings. The number of hydrogen-bond acceptors (Lipinski definition) is 4. The van der Waals surface area contributed by atoms with Crippen LogP contribution in [0.1, 0.15) is 34.6 Å². The molecule has 2 fully saturated rings. The first-order valence-corrected chi connectivity index (χ1v) is 11.4. The minimum atomic E-state index is -1.73. The molecule has 4 nitrogen and oxygen atoms in total. The molecule has 0 aliphatic carbocycles.